The zero-order chi connectivity index (χ0) is 13.7. The Morgan fingerprint density at radius 1 is 1.32 bits per heavy atom. The molecule has 0 heterocycles. The van der Waals surface area contributed by atoms with Crippen LogP contribution < -0.4 is 10.5 Å². The van der Waals surface area contributed by atoms with Gasteiger partial charge in [-0.25, -0.2) is 0 Å². The number of carbonyl (C=O) groups excluding carboxylic acids is 1. The molecule has 1 aliphatic rings. The van der Waals surface area contributed by atoms with Crippen LogP contribution in [0.1, 0.15) is 49.4 Å². The highest BCUT2D eigenvalue weighted by molar-refractivity contribution is 6.00. The van der Waals surface area contributed by atoms with Gasteiger partial charge in [-0.05, 0) is 31.4 Å². The normalized spacial score (nSPS) is 23.1. The topological polar surface area (TPSA) is 52.3 Å². The van der Waals surface area contributed by atoms with Crippen molar-refractivity contribution in [2.75, 3.05) is 6.61 Å². The van der Waals surface area contributed by atoms with E-state index >= 15 is 0 Å². The lowest BCUT2D eigenvalue weighted by molar-refractivity contribution is 0.0867. The smallest absolute Gasteiger partial charge is 0.171 e. The molecule has 2 unspecified atom stereocenters. The fourth-order valence-corrected chi connectivity index (χ4v) is 2.69. The van der Waals surface area contributed by atoms with Crippen molar-refractivity contribution >= 4 is 5.78 Å². The third kappa shape index (κ3) is 3.35. The summed E-state index contributed by atoms with van der Waals surface area (Å²) in [4.78, 5) is 12.6. The van der Waals surface area contributed by atoms with Crippen LogP contribution in [0.3, 0.4) is 0 Å². The van der Waals surface area contributed by atoms with Gasteiger partial charge < -0.3 is 10.5 Å². The van der Waals surface area contributed by atoms with Gasteiger partial charge >= 0.3 is 0 Å². The van der Waals surface area contributed by atoms with Gasteiger partial charge in [0.2, 0.25) is 0 Å². The molecular weight excluding hydrogens is 238 g/mol. The number of hydrogen-bond acceptors (Lipinski definition) is 3. The second kappa shape index (κ2) is 6.71. The summed E-state index contributed by atoms with van der Waals surface area (Å²) in [6.45, 7) is 2.70. The maximum Gasteiger partial charge on any atom is 0.171 e. The fourth-order valence-electron chi connectivity index (χ4n) is 2.69. The van der Waals surface area contributed by atoms with Gasteiger partial charge in [-0.1, -0.05) is 31.9 Å². The van der Waals surface area contributed by atoms with Gasteiger partial charge in [0.1, 0.15) is 5.75 Å². The van der Waals surface area contributed by atoms with Crippen molar-refractivity contribution in [2.45, 2.75) is 45.1 Å². The van der Waals surface area contributed by atoms with E-state index in [1.54, 1.807) is 0 Å². The molecule has 0 amide bonds. The summed E-state index contributed by atoms with van der Waals surface area (Å²) in [7, 11) is 0. The van der Waals surface area contributed by atoms with E-state index in [1.807, 2.05) is 24.3 Å². The summed E-state index contributed by atoms with van der Waals surface area (Å²) in [5.74, 6) is 0.811. The third-order valence-electron chi connectivity index (χ3n) is 3.77. The first kappa shape index (κ1) is 14.1. The molecule has 3 heteroatoms. The molecule has 0 aliphatic heterocycles. The van der Waals surface area contributed by atoms with E-state index in [2.05, 4.69) is 6.92 Å². The number of carbonyl (C=O) groups is 1. The van der Waals surface area contributed by atoms with Gasteiger partial charge in [0.15, 0.2) is 5.78 Å². The van der Waals surface area contributed by atoms with Gasteiger partial charge in [-0.15, -0.1) is 0 Å². The highest BCUT2D eigenvalue weighted by Crippen LogP contribution is 2.29. The van der Waals surface area contributed by atoms with E-state index in [-0.39, 0.29) is 17.7 Å². The van der Waals surface area contributed by atoms with Crippen LogP contribution in [0.2, 0.25) is 0 Å². The molecule has 19 heavy (non-hydrogen) atoms. The van der Waals surface area contributed by atoms with E-state index in [0.717, 1.165) is 32.1 Å². The summed E-state index contributed by atoms with van der Waals surface area (Å²) in [6, 6.07) is 7.52. The van der Waals surface area contributed by atoms with Crippen molar-refractivity contribution in [3.63, 3.8) is 0 Å². The Morgan fingerprint density at radius 3 is 2.79 bits per heavy atom. The molecule has 2 N–H and O–H groups in total. The predicted octanol–water partition coefficient (Wildman–Crippen LogP) is 3.18. The SMILES string of the molecule is CCCOc1ccccc1C(=O)C1CCCCC1N. The van der Waals surface area contributed by atoms with Gasteiger partial charge in [-0.2, -0.15) is 0 Å². The number of ether oxygens (including phenoxy) is 1. The minimum absolute atomic E-state index is 0.000446. The number of hydrogen-bond donors (Lipinski definition) is 1. The van der Waals surface area contributed by atoms with E-state index in [1.165, 1.54) is 0 Å². The molecule has 0 aromatic heterocycles. The molecule has 0 saturated heterocycles. The van der Waals surface area contributed by atoms with Crippen molar-refractivity contribution < 1.29 is 9.53 Å². The van der Waals surface area contributed by atoms with E-state index in [4.69, 9.17) is 10.5 Å². The number of ketones is 1. The van der Waals surface area contributed by atoms with Crippen molar-refractivity contribution in [3.8, 4) is 5.75 Å². The highest BCUT2D eigenvalue weighted by atomic mass is 16.5. The molecule has 2 rings (SSSR count). The highest BCUT2D eigenvalue weighted by Gasteiger charge is 2.30. The molecule has 104 valence electrons. The Balaban J connectivity index is 2.17. The summed E-state index contributed by atoms with van der Waals surface area (Å²) in [5, 5.41) is 0. The molecule has 1 aromatic rings. The monoisotopic (exact) mass is 261 g/mol. The van der Waals surface area contributed by atoms with Crippen molar-refractivity contribution in [1.29, 1.82) is 0 Å². The molecule has 1 aliphatic carbocycles. The zero-order valence-corrected chi connectivity index (χ0v) is 11.6. The maximum absolute atomic E-state index is 12.6. The molecule has 1 saturated carbocycles. The lowest BCUT2D eigenvalue weighted by atomic mass is 9.80. The lowest BCUT2D eigenvalue weighted by Gasteiger charge is -2.27. The van der Waals surface area contributed by atoms with E-state index in [0.29, 0.717) is 17.9 Å². The minimum Gasteiger partial charge on any atom is -0.493 e. The molecule has 0 bridgehead atoms. The molecule has 1 fully saturated rings. The van der Waals surface area contributed by atoms with Crippen LogP contribution >= 0.6 is 0 Å². The third-order valence-corrected chi connectivity index (χ3v) is 3.77. The van der Waals surface area contributed by atoms with Gasteiger partial charge in [-0.3, -0.25) is 4.79 Å². The fraction of sp³-hybridized carbons (Fsp3) is 0.562. The molecule has 2 atom stereocenters. The molecular formula is C16H23NO2. The van der Waals surface area contributed by atoms with Crippen molar-refractivity contribution in [2.24, 2.45) is 11.7 Å². The lowest BCUT2D eigenvalue weighted by Crippen LogP contribution is -2.38. The van der Waals surface area contributed by atoms with Crippen LogP contribution in [-0.4, -0.2) is 18.4 Å². The second-order valence-corrected chi connectivity index (χ2v) is 5.26. The zero-order valence-electron chi connectivity index (χ0n) is 11.6. The van der Waals surface area contributed by atoms with Gasteiger partial charge in [0.25, 0.3) is 0 Å². The Morgan fingerprint density at radius 2 is 2.05 bits per heavy atom. The Kier molecular flexibility index (Phi) is 4.97. The van der Waals surface area contributed by atoms with Crippen LogP contribution in [0.4, 0.5) is 0 Å². The molecule has 1 aromatic carbocycles. The molecule has 3 nitrogen and oxygen atoms in total. The van der Waals surface area contributed by atoms with Crippen LogP contribution in [0.15, 0.2) is 24.3 Å². The first-order valence-electron chi connectivity index (χ1n) is 7.25. The minimum atomic E-state index is -0.0415. The standard InChI is InChI=1S/C16H23NO2/c1-2-11-19-15-10-6-4-8-13(15)16(18)12-7-3-5-9-14(12)17/h4,6,8,10,12,14H,2-3,5,7,9,11,17H2,1H3. The van der Waals surface area contributed by atoms with Crippen LogP contribution in [0.25, 0.3) is 0 Å². The van der Waals surface area contributed by atoms with Crippen molar-refractivity contribution in [1.82, 2.24) is 0 Å². The van der Waals surface area contributed by atoms with Crippen LogP contribution in [-0.2, 0) is 0 Å². The Bertz CT molecular complexity index is 431. The summed E-state index contributed by atoms with van der Waals surface area (Å²) in [5.41, 5.74) is 6.80. The van der Waals surface area contributed by atoms with Gasteiger partial charge in [0, 0.05) is 12.0 Å². The number of nitrogens with two attached hydrogens (primary N) is 1. The molecule has 0 radical (unpaired) electrons. The number of Topliss-reactive ketones (excluding diaryl/α,β-unsaturated/α-hetero) is 1. The predicted molar refractivity (Wildman–Crippen MR) is 76.5 cm³/mol. The van der Waals surface area contributed by atoms with E-state index < -0.39 is 0 Å². The average Bonchev–Trinajstić information content (AvgIpc) is 2.45. The largest absolute Gasteiger partial charge is 0.493 e. The first-order valence-corrected chi connectivity index (χ1v) is 7.25. The number of benzene rings is 1. The van der Waals surface area contributed by atoms with Crippen molar-refractivity contribution in [3.05, 3.63) is 29.8 Å². The Hall–Kier alpha value is -1.35. The molecule has 0 spiro atoms. The number of para-hydroxylation sites is 1. The quantitative estimate of drug-likeness (QED) is 0.828. The second-order valence-electron chi connectivity index (χ2n) is 5.26. The summed E-state index contributed by atoms with van der Waals surface area (Å²) >= 11 is 0. The van der Waals surface area contributed by atoms with E-state index in [9.17, 15) is 4.79 Å². The van der Waals surface area contributed by atoms with Crippen LogP contribution in [0, 0.1) is 5.92 Å². The first-order chi connectivity index (χ1) is 9.24. The Labute approximate surface area is 115 Å². The van der Waals surface area contributed by atoms with Crippen LogP contribution in [0.5, 0.6) is 5.75 Å². The maximum atomic E-state index is 12.6. The average molecular weight is 261 g/mol. The van der Waals surface area contributed by atoms with Gasteiger partial charge in [0.05, 0.1) is 12.2 Å². The summed E-state index contributed by atoms with van der Waals surface area (Å²) < 4.78 is 5.67. The number of rotatable bonds is 5. The summed E-state index contributed by atoms with van der Waals surface area (Å²) in [6.07, 6.45) is 5.03.